The summed E-state index contributed by atoms with van der Waals surface area (Å²) in [5.74, 6) is 0.120. The van der Waals surface area contributed by atoms with Gasteiger partial charge in [0.05, 0.1) is 25.7 Å². The van der Waals surface area contributed by atoms with E-state index in [-0.39, 0.29) is 24.4 Å². The van der Waals surface area contributed by atoms with Crippen LogP contribution in [0.2, 0.25) is 0 Å². The Morgan fingerprint density at radius 2 is 2.15 bits per heavy atom. The van der Waals surface area contributed by atoms with Crippen LogP contribution in [0.1, 0.15) is 5.56 Å². The number of nitrogen functional groups attached to an aromatic ring is 1. The van der Waals surface area contributed by atoms with E-state index in [2.05, 4.69) is 0 Å². The fraction of sp³-hybridized carbons (Fsp3) is 0.500. The van der Waals surface area contributed by atoms with Crippen molar-refractivity contribution in [2.24, 2.45) is 0 Å². The van der Waals surface area contributed by atoms with E-state index in [0.717, 1.165) is 5.56 Å². The van der Waals surface area contributed by atoms with Crippen LogP contribution >= 0.6 is 12.4 Å². The minimum absolute atomic E-state index is 0. The van der Waals surface area contributed by atoms with Gasteiger partial charge in [0.15, 0.2) is 0 Å². The third-order valence-electron chi connectivity index (χ3n) is 3.18. The molecular formula is C14H21ClN2O3. The molecule has 1 aromatic rings. The number of nitrogens with zero attached hydrogens (tertiary/aromatic N) is 1. The summed E-state index contributed by atoms with van der Waals surface area (Å²) in [4.78, 5) is 14.0. The van der Waals surface area contributed by atoms with E-state index in [0.29, 0.717) is 38.4 Å². The lowest BCUT2D eigenvalue weighted by atomic mass is 10.1. The largest absolute Gasteiger partial charge is 0.399 e. The SMILES string of the molecule is COCC1CN(C(=O)Cc2ccc(N)cc2)CCO1.Cl. The van der Waals surface area contributed by atoms with Crippen molar-refractivity contribution in [3.05, 3.63) is 29.8 Å². The van der Waals surface area contributed by atoms with Gasteiger partial charge >= 0.3 is 0 Å². The van der Waals surface area contributed by atoms with Gasteiger partial charge in [-0.05, 0) is 17.7 Å². The Labute approximate surface area is 125 Å². The third kappa shape index (κ3) is 4.67. The van der Waals surface area contributed by atoms with Gasteiger partial charge in [0.1, 0.15) is 0 Å². The molecule has 5 nitrogen and oxygen atoms in total. The van der Waals surface area contributed by atoms with Crippen molar-refractivity contribution in [3.8, 4) is 0 Å². The van der Waals surface area contributed by atoms with Crippen LogP contribution in [0.4, 0.5) is 5.69 Å². The molecule has 1 atom stereocenters. The highest BCUT2D eigenvalue weighted by Gasteiger charge is 2.23. The maximum absolute atomic E-state index is 12.2. The maximum Gasteiger partial charge on any atom is 0.227 e. The first kappa shape index (κ1) is 16.8. The molecule has 1 saturated heterocycles. The number of hydrogen-bond acceptors (Lipinski definition) is 4. The number of anilines is 1. The van der Waals surface area contributed by atoms with Crippen molar-refractivity contribution in [2.75, 3.05) is 39.1 Å². The molecule has 0 aliphatic carbocycles. The molecule has 20 heavy (non-hydrogen) atoms. The van der Waals surface area contributed by atoms with Crippen LogP contribution in [-0.4, -0.2) is 50.3 Å². The summed E-state index contributed by atoms with van der Waals surface area (Å²) in [5.41, 5.74) is 7.32. The quantitative estimate of drug-likeness (QED) is 0.846. The Kier molecular flexibility index (Phi) is 6.78. The summed E-state index contributed by atoms with van der Waals surface area (Å²) >= 11 is 0. The Morgan fingerprint density at radius 1 is 1.45 bits per heavy atom. The number of benzene rings is 1. The Bertz CT molecular complexity index is 423. The first-order valence-electron chi connectivity index (χ1n) is 6.42. The van der Waals surface area contributed by atoms with Gasteiger partial charge < -0.3 is 20.1 Å². The van der Waals surface area contributed by atoms with Crippen LogP contribution in [-0.2, 0) is 20.7 Å². The number of rotatable bonds is 4. The number of methoxy groups -OCH3 is 1. The summed E-state index contributed by atoms with van der Waals surface area (Å²) in [6, 6.07) is 7.41. The normalized spacial score (nSPS) is 18.4. The molecule has 0 radical (unpaired) electrons. The molecular weight excluding hydrogens is 280 g/mol. The lowest BCUT2D eigenvalue weighted by Gasteiger charge is -2.32. The summed E-state index contributed by atoms with van der Waals surface area (Å²) in [5, 5.41) is 0. The van der Waals surface area contributed by atoms with Gasteiger partial charge in [0.25, 0.3) is 0 Å². The topological polar surface area (TPSA) is 64.8 Å². The average molecular weight is 301 g/mol. The summed E-state index contributed by atoms with van der Waals surface area (Å²) in [6.45, 7) is 2.34. The minimum atomic E-state index is -0.0193. The van der Waals surface area contributed by atoms with Crippen molar-refractivity contribution in [1.82, 2.24) is 4.90 Å². The second-order valence-corrected chi connectivity index (χ2v) is 4.71. The van der Waals surface area contributed by atoms with E-state index in [1.165, 1.54) is 0 Å². The molecule has 0 saturated carbocycles. The van der Waals surface area contributed by atoms with Gasteiger partial charge in [-0.2, -0.15) is 0 Å². The molecule has 112 valence electrons. The predicted octanol–water partition coefficient (Wildman–Crippen LogP) is 1.11. The molecule has 1 unspecified atom stereocenters. The van der Waals surface area contributed by atoms with Gasteiger partial charge in [0, 0.05) is 25.9 Å². The fourth-order valence-corrected chi connectivity index (χ4v) is 2.15. The molecule has 2 rings (SSSR count). The number of morpholine rings is 1. The molecule has 1 aliphatic heterocycles. The summed E-state index contributed by atoms with van der Waals surface area (Å²) in [6.07, 6.45) is 0.383. The van der Waals surface area contributed by atoms with Crippen LogP contribution < -0.4 is 5.73 Å². The highest BCUT2D eigenvalue weighted by atomic mass is 35.5. The Balaban J connectivity index is 0.00000200. The van der Waals surface area contributed by atoms with Crippen LogP contribution in [0.3, 0.4) is 0 Å². The number of carbonyl (C=O) groups excluding carboxylic acids is 1. The van der Waals surface area contributed by atoms with Gasteiger partial charge in [-0.15, -0.1) is 12.4 Å². The number of carbonyl (C=O) groups is 1. The van der Waals surface area contributed by atoms with Gasteiger partial charge in [-0.25, -0.2) is 0 Å². The minimum Gasteiger partial charge on any atom is -0.399 e. The fourth-order valence-electron chi connectivity index (χ4n) is 2.15. The zero-order valence-electron chi connectivity index (χ0n) is 11.6. The standard InChI is InChI=1S/C14H20N2O3.ClH/c1-18-10-13-9-16(6-7-19-13)14(17)8-11-2-4-12(15)5-3-11;/h2-5,13H,6-10,15H2,1H3;1H. The van der Waals surface area contributed by atoms with Crippen molar-refractivity contribution >= 4 is 24.0 Å². The van der Waals surface area contributed by atoms with Crippen LogP contribution in [0.25, 0.3) is 0 Å². The molecule has 1 aromatic carbocycles. The smallest absolute Gasteiger partial charge is 0.227 e. The van der Waals surface area contributed by atoms with Crippen LogP contribution in [0.15, 0.2) is 24.3 Å². The number of amides is 1. The van der Waals surface area contributed by atoms with Crippen molar-refractivity contribution in [3.63, 3.8) is 0 Å². The number of hydrogen-bond donors (Lipinski definition) is 1. The van der Waals surface area contributed by atoms with Crippen LogP contribution in [0, 0.1) is 0 Å². The average Bonchev–Trinajstić information content (AvgIpc) is 2.42. The van der Waals surface area contributed by atoms with Crippen LogP contribution in [0.5, 0.6) is 0 Å². The highest BCUT2D eigenvalue weighted by Crippen LogP contribution is 2.11. The van der Waals surface area contributed by atoms with Gasteiger partial charge in [-0.1, -0.05) is 12.1 Å². The van der Waals surface area contributed by atoms with Crippen molar-refractivity contribution in [2.45, 2.75) is 12.5 Å². The molecule has 0 aromatic heterocycles. The third-order valence-corrected chi connectivity index (χ3v) is 3.18. The molecule has 1 heterocycles. The lowest BCUT2D eigenvalue weighted by molar-refractivity contribution is -0.140. The van der Waals surface area contributed by atoms with Crippen molar-refractivity contribution in [1.29, 1.82) is 0 Å². The number of nitrogens with two attached hydrogens (primary N) is 1. The Hall–Kier alpha value is -1.30. The molecule has 2 N–H and O–H groups in total. The maximum atomic E-state index is 12.2. The molecule has 0 spiro atoms. The number of halogens is 1. The zero-order chi connectivity index (χ0) is 13.7. The molecule has 6 heteroatoms. The number of ether oxygens (including phenoxy) is 2. The van der Waals surface area contributed by atoms with E-state index < -0.39 is 0 Å². The van der Waals surface area contributed by atoms with Gasteiger partial charge in [0.2, 0.25) is 5.91 Å². The zero-order valence-corrected chi connectivity index (χ0v) is 12.4. The molecule has 1 fully saturated rings. The first-order chi connectivity index (χ1) is 9.19. The summed E-state index contributed by atoms with van der Waals surface area (Å²) in [7, 11) is 1.64. The predicted molar refractivity (Wildman–Crippen MR) is 80.0 cm³/mol. The van der Waals surface area contributed by atoms with Crippen molar-refractivity contribution < 1.29 is 14.3 Å². The van der Waals surface area contributed by atoms with E-state index in [4.69, 9.17) is 15.2 Å². The molecule has 1 amide bonds. The summed E-state index contributed by atoms with van der Waals surface area (Å²) < 4.78 is 10.6. The van der Waals surface area contributed by atoms with Gasteiger partial charge in [-0.3, -0.25) is 4.79 Å². The van der Waals surface area contributed by atoms with E-state index >= 15 is 0 Å². The molecule has 1 aliphatic rings. The van der Waals surface area contributed by atoms with E-state index in [1.54, 1.807) is 7.11 Å². The van der Waals surface area contributed by atoms with E-state index in [9.17, 15) is 4.79 Å². The highest BCUT2D eigenvalue weighted by molar-refractivity contribution is 5.85. The Morgan fingerprint density at radius 3 is 2.80 bits per heavy atom. The second kappa shape index (κ2) is 8.09. The van der Waals surface area contributed by atoms with E-state index in [1.807, 2.05) is 29.2 Å². The second-order valence-electron chi connectivity index (χ2n) is 4.71. The molecule has 0 bridgehead atoms. The first-order valence-corrected chi connectivity index (χ1v) is 6.42. The monoisotopic (exact) mass is 300 g/mol. The lowest BCUT2D eigenvalue weighted by Crippen LogP contribution is -2.47.